The summed E-state index contributed by atoms with van der Waals surface area (Å²) in [7, 11) is 0. The van der Waals surface area contributed by atoms with Gasteiger partial charge in [-0.2, -0.15) is 5.26 Å². The molecule has 3 aromatic rings. The van der Waals surface area contributed by atoms with Crippen LogP contribution in [0.5, 0.6) is 5.75 Å². The number of ether oxygens (including phenoxy) is 1. The molecule has 0 fully saturated rings. The van der Waals surface area contributed by atoms with Crippen LogP contribution in [-0.2, 0) is 4.79 Å². The Labute approximate surface area is 189 Å². The SMILES string of the molecule is Cc1ccc(C(=O)Oc2ccc(/C=C(\C#N)C(=O)Nc3c(Cl)cccc3Cl)cc2)cc1. The van der Waals surface area contributed by atoms with Gasteiger partial charge >= 0.3 is 5.97 Å². The Morgan fingerprint density at radius 1 is 0.968 bits per heavy atom. The van der Waals surface area contributed by atoms with Crippen LogP contribution in [-0.4, -0.2) is 11.9 Å². The van der Waals surface area contributed by atoms with Gasteiger partial charge in [-0.1, -0.05) is 59.1 Å². The number of nitrogens with zero attached hydrogens (tertiary/aromatic N) is 1. The molecule has 0 radical (unpaired) electrons. The largest absolute Gasteiger partial charge is 0.423 e. The highest BCUT2D eigenvalue weighted by molar-refractivity contribution is 6.40. The van der Waals surface area contributed by atoms with Crippen LogP contribution in [0.3, 0.4) is 0 Å². The topological polar surface area (TPSA) is 79.2 Å². The summed E-state index contributed by atoms with van der Waals surface area (Å²) in [5.41, 5.74) is 2.15. The number of esters is 1. The highest BCUT2D eigenvalue weighted by atomic mass is 35.5. The van der Waals surface area contributed by atoms with Crippen molar-refractivity contribution in [2.24, 2.45) is 0 Å². The second-order valence-electron chi connectivity index (χ2n) is 6.55. The minimum atomic E-state index is -0.646. The first-order chi connectivity index (χ1) is 14.9. The van der Waals surface area contributed by atoms with Crippen LogP contribution in [0.15, 0.2) is 72.3 Å². The summed E-state index contributed by atoms with van der Waals surface area (Å²) in [6.07, 6.45) is 1.41. The summed E-state index contributed by atoms with van der Waals surface area (Å²) >= 11 is 12.1. The number of halogens is 2. The quantitative estimate of drug-likeness (QED) is 0.221. The van der Waals surface area contributed by atoms with Crippen LogP contribution in [0.25, 0.3) is 6.08 Å². The fourth-order valence-corrected chi connectivity index (χ4v) is 3.09. The number of benzene rings is 3. The van der Waals surface area contributed by atoms with Crippen LogP contribution >= 0.6 is 23.2 Å². The molecule has 0 spiro atoms. The van der Waals surface area contributed by atoms with Gasteiger partial charge in [0.2, 0.25) is 0 Å². The van der Waals surface area contributed by atoms with Crippen molar-refractivity contribution in [3.63, 3.8) is 0 Å². The Morgan fingerprint density at radius 2 is 1.58 bits per heavy atom. The normalized spacial score (nSPS) is 10.8. The molecular formula is C24H16Cl2N2O3. The molecule has 7 heteroatoms. The molecule has 0 heterocycles. The highest BCUT2D eigenvalue weighted by Gasteiger charge is 2.14. The van der Waals surface area contributed by atoms with Crippen molar-refractivity contribution in [2.45, 2.75) is 6.92 Å². The summed E-state index contributed by atoms with van der Waals surface area (Å²) in [4.78, 5) is 24.7. The molecule has 154 valence electrons. The number of nitrogens with one attached hydrogen (secondary N) is 1. The third-order valence-corrected chi connectivity index (χ3v) is 4.89. The predicted molar refractivity (Wildman–Crippen MR) is 121 cm³/mol. The lowest BCUT2D eigenvalue weighted by Crippen LogP contribution is -2.14. The van der Waals surface area contributed by atoms with E-state index in [0.717, 1.165) is 5.56 Å². The Kier molecular flexibility index (Phi) is 7.09. The van der Waals surface area contributed by atoms with E-state index in [-0.39, 0.29) is 21.3 Å². The van der Waals surface area contributed by atoms with Crippen LogP contribution in [0.4, 0.5) is 5.69 Å². The third kappa shape index (κ3) is 5.73. The molecular weight excluding hydrogens is 435 g/mol. The Bertz CT molecular complexity index is 1170. The minimum absolute atomic E-state index is 0.139. The molecule has 0 aromatic heterocycles. The van der Waals surface area contributed by atoms with Crippen molar-refractivity contribution >= 4 is 46.8 Å². The maximum atomic E-state index is 12.5. The number of rotatable bonds is 5. The number of para-hydroxylation sites is 1. The first-order valence-corrected chi connectivity index (χ1v) is 9.89. The summed E-state index contributed by atoms with van der Waals surface area (Å²) in [6.45, 7) is 1.93. The van der Waals surface area contributed by atoms with Crippen LogP contribution < -0.4 is 10.1 Å². The number of anilines is 1. The van der Waals surface area contributed by atoms with Gasteiger partial charge in [0, 0.05) is 0 Å². The molecule has 3 aromatic carbocycles. The second-order valence-corrected chi connectivity index (χ2v) is 7.36. The Hall–Kier alpha value is -3.59. The van der Waals surface area contributed by atoms with Gasteiger partial charge in [-0.25, -0.2) is 4.79 Å². The molecule has 0 saturated heterocycles. The van der Waals surface area contributed by atoms with Crippen LogP contribution in [0, 0.1) is 18.3 Å². The molecule has 0 unspecified atom stereocenters. The maximum absolute atomic E-state index is 12.5. The van der Waals surface area contributed by atoms with Gasteiger partial charge in [-0.05, 0) is 55.0 Å². The van der Waals surface area contributed by atoms with Gasteiger partial charge in [-0.3, -0.25) is 4.79 Å². The van der Waals surface area contributed by atoms with Crippen molar-refractivity contribution in [1.82, 2.24) is 0 Å². The molecule has 0 bridgehead atoms. The zero-order valence-corrected chi connectivity index (χ0v) is 17.9. The van der Waals surface area contributed by atoms with E-state index < -0.39 is 11.9 Å². The standard InChI is InChI=1S/C24H16Cl2N2O3/c1-15-5-9-17(10-6-15)24(30)31-19-11-7-16(8-12-19)13-18(14-27)23(29)28-22-20(25)3-2-4-21(22)26/h2-13H,1H3,(H,28,29)/b18-13+. The molecule has 31 heavy (non-hydrogen) atoms. The van der Waals surface area contributed by atoms with E-state index in [1.54, 1.807) is 54.6 Å². The average molecular weight is 451 g/mol. The molecule has 5 nitrogen and oxygen atoms in total. The van der Waals surface area contributed by atoms with E-state index in [0.29, 0.717) is 16.9 Å². The minimum Gasteiger partial charge on any atom is -0.423 e. The number of aryl methyl sites for hydroxylation is 1. The highest BCUT2D eigenvalue weighted by Crippen LogP contribution is 2.30. The fraction of sp³-hybridized carbons (Fsp3) is 0.0417. The Balaban J connectivity index is 1.71. The van der Waals surface area contributed by atoms with E-state index in [4.69, 9.17) is 27.9 Å². The second kappa shape index (κ2) is 9.94. The van der Waals surface area contributed by atoms with E-state index in [1.807, 2.05) is 25.1 Å². The number of carbonyl (C=O) groups is 2. The van der Waals surface area contributed by atoms with Gasteiger partial charge in [0.15, 0.2) is 0 Å². The predicted octanol–water partition coefficient (Wildman–Crippen LogP) is 6.07. The molecule has 0 saturated carbocycles. The van der Waals surface area contributed by atoms with Gasteiger partial charge in [-0.15, -0.1) is 0 Å². The third-order valence-electron chi connectivity index (χ3n) is 4.26. The van der Waals surface area contributed by atoms with E-state index >= 15 is 0 Å². The lowest BCUT2D eigenvalue weighted by atomic mass is 10.1. The number of amides is 1. The molecule has 0 aliphatic heterocycles. The van der Waals surface area contributed by atoms with E-state index in [1.165, 1.54) is 6.08 Å². The van der Waals surface area contributed by atoms with Crippen LogP contribution in [0.1, 0.15) is 21.5 Å². The van der Waals surface area contributed by atoms with Crippen molar-refractivity contribution in [3.8, 4) is 11.8 Å². The molecule has 0 atom stereocenters. The zero-order valence-electron chi connectivity index (χ0n) is 16.4. The molecule has 0 aliphatic carbocycles. The van der Waals surface area contributed by atoms with Crippen molar-refractivity contribution in [2.75, 3.05) is 5.32 Å². The van der Waals surface area contributed by atoms with Gasteiger partial charge in [0.05, 0.1) is 21.3 Å². The average Bonchev–Trinajstić information content (AvgIpc) is 2.76. The first-order valence-electron chi connectivity index (χ1n) is 9.13. The molecule has 0 aliphatic rings. The summed E-state index contributed by atoms with van der Waals surface area (Å²) < 4.78 is 5.35. The van der Waals surface area contributed by atoms with Crippen LogP contribution in [0.2, 0.25) is 10.0 Å². The molecule has 1 amide bonds. The Morgan fingerprint density at radius 3 is 2.16 bits per heavy atom. The van der Waals surface area contributed by atoms with Crippen molar-refractivity contribution in [1.29, 1.82) is 5.26 Å². The number of nitriles is 1. The van der Waals surface area contributed by atoms with Gasteiger partial charge in [0.25, 0.3) is 5.91 Å². The van der Waals surface area contributed by atoms with Gasteiger partial charge < -0.3 is 10.1 Å². The number of carbonyl (C=O) groups excluding carboxylic acids is 2. The summed E-state index contributed by atoms with van der Waals surface area (Å²) in [6, 6.07) is 20.1. The maximum Gasteiger partial charge on any atom is 0.343 e. The van der Waals surface area contributed by atoms with E-state index in [9.17, 15) is 14.9 Å². The number of hydrogen-bond donors (Lipinski definition) is 1. The van der Waals surface area contributed by atoms with Crippen molar-refractivity contribution < 1.29 is 14.3 Å². The monoisotopic (exact) mass is 450 g/mol. The van der Waals surface area contributed by atoms with E-state index in [2.05, 4.69) is 5.32 Å². The zero-order chi connectivity index (χ0) is 22.4. The first kappa shape index (κ1) is 22.1. The van der Waals surface area contributed by atoms with Crippen molar-refractivity contribution in [3.05, 3.63) is 99.0 Å². The summed E-state index contributed by atoms with van der Waals surface area (Å²) in [5, 5.41) is 12.4. The molecule has 1 N–H and O–H groups in total. The summed E-state index contributed by atoms with van der Waals surface area (Å²) in [5.74, 6) is -0.780. The smallest absolute Gasteiger partial charge is 0.343 e. The lowest BCUT2D eigenvalue weighted by Gasteiger charge is -2.08. The fourth-order valence-electron chi connectivity index (χ4n) is 2.60. The van der Waals surface area contributed by atoms with Gasteiger partial charge in [0.1, 0.15) is 17.4 Å². The lowest BCUT2D eigenvalue weighted by molar-refractivity contribution is -0.112. The number of hydrogen-bond acceptors (Lipinski definition) is 4. The molecule has 3 rings (SSSR count).